The van der Waals surface area contributed by atoms with Gasteiger partial charge in [0.25, 0.3) is 5.56 Å². The second-order valence-corrected chi connectivity index (χ2v) is 6.89. The number of nitrogen functional groups attached to an aromatic ring is 1. The van der Waals surface area contributed by atoms with E-state index in [0.29, 0.717) is 22.6 Å². The summed E-state index contributed by atoms with van der Waals surface area (Å²) in [5.41, 5.74) is 9.42. The number of hydrogen-bond donors (Lipinski definition) is 1. The van der Waals surface area contributed by atoms with Crippen LogP contribution in [0.2, 0.25) is 0 Å². The van der Waals surface area contributed by atoms with E-state index in [2.05, 4.69) is 4.57 Å². The first-order valence-corrected chi connectivity index (χ1v) is 8.88. The molecule has 28 heavy (non-hydrogen) atoms. The van der Waals surface area contributed by atoms with Crippen LogP contribution in [0.25, 0.3) is 22.4 Å². The van der Waals surface area contributed by atoms with Gasteiger partial charge in [-0.25, -0.2) is 4.79 Å². The Bertz CT molecular complexity index is 1220. The summed E-state index contributed by atoms with van der Waals surface area (Å²) in [6.45, 7) is 0.768. The molecule has 0 bridgehead atoms. The Kier molecular flexibility index (Phi) is 4.06. The smallest absolute Gasteiger partial charge is 0.332 e. The van der Waals surface area contributed by atoms with Crippen LogP contribution in [0.1, 0.15) is 5.56 Å². The third-order valence-corrected chi connectivity index (χ3v) is 5.40. The minimum absolute atomic E-state index is 0.156. The molecule has 0 saturated heterocycles. The van der Waals surface area contributed by atoms with Crippen LogP contribution >= 0.6 is 0 Å². The molecule has 8 heteroatoms. The van der Waals surface area contributed by atoms with Crippen LogP contribution in [0, 0.1) is 0 Å². The molecule has 0 atom stereocenters. The van der Waals surface area contributed by atoms with Gasteiger partial charge in [0, 0.05) is 43.7 Å². The summed E-state index contributed by atoms with van der Waals surface area (Å²) in [6.07, 6.45) is 2.74. The lowest BCUT2D eigenvalue weighted by Gasteiger charge is -2.21. The van der Waals surface area contributed by atoms with Crippen LogP contribution in [-0.2, 0) is 27.1 Å². The summed E-state index contributed by atoms with van der Waals surface area (Å²) in [5, 5.41) is 0. The van der Waals surface area contributed by atoms with Gasteiger partial charge in [-0.2, -0.15) is 0 Å². The fourth-order valence-electron chi connectivity index (χ4n) is 3.80. The van der Waals surface area contributed by atoms with Crippen molar-refractivity contribution in [3.8, 4) is 33.9 Å². The maximum atomic E-state index is 12.7. The van der Waals surface area contributed by atoms with Crippen molar-refractivity contribution in [3.05, 3.63) is 50.8 Å². The molecular formula is C20H22N4O4. The van der Waals surface area contributed by atoms with Gasteiger partial charge in [-0.15, -0.1) is 0 Å². The highest BCUT2D eigenvalue weighted by Gasteiger charge is 2.23. The Morgan fingerprint density at radius 3 is 2.36 bits per heavy atom. The molecule has 2 N–H and O–H groups in total. The zero-order chi connectivity index (χ0) is 20.2. The molecule has 3 heterocycles. The highest BCUT2D eigenvalue weighted by atomic mass is 16.5. The number of hydrogen-bond acceptors (Lipinski definition) is 5. The minimum Gasteiger partial charge on any atom is -0.493 e. The SMILES string of the molecule is COc1cc2c(cc1OC)-c1cc(-c3c(N)n(C)c(=O)n(C)c3=O)cn1CC2. The van der Waals surface area contributed by atoms with Gasteiger partial charge in [0.2, 0.25) is 0 Å². The standard InChI is InChI=1S/C20H22N4O4/c1-22-18(21)17(19(25)23(2)20(22)26)12-7-14-13-9-16(28-4)15(27-3)8-11(13)5-6-24(14)10-12/h7-10H,5-6,21H2,1-4H3. The van der Waals surface area contributed by atoms with Crippen molar-refractivity contribution in [2.75, 3.05) is 20.0 Å². The fourth-order valence-corrected chi connectivity index (χ4v) is 3.80. The normalized spacial score (nSPS) is 12.4. The van der Waals surface area contributed by atoms with Gasteiger partial charge in [0.05, 0.1) is 19.8 Å². The Morgan fingerprint density at radius 1 is 1.00 bits per heavy atom. The number of anilines is 1. The van der Waals surface area contributed by atoms with Crippen LogP contribution in [-0.4, -0.2) is 27.9 Å². The summed E-state index contributed by atoms with van der Waals surface area (Å²) in [4.78, 5) is 24.8. The van der Waals surface area contributed by atoms with E-state index in [1.165, 1.54) is 11.6 Å². The number of aryl methyl sites for hydroxylation is 2. The summed E-state index contributed by atoms with van der Waals surface area (Å²) in [6, 6.07) is 5.87. The second kappa shape index (κ2) is 6.33. The molecular weight excluding hydrogens is 360 g/mol. The first-order valence-electron chi connectivity index (χ1n) is 8.88. The van der Waals surface area contributed by atoms with Crippen molar-refractivity contribution in [1.29, 1.82) is 0 Å². The molecule has 1 aromatic carbocycles. The van der Waals surface area contributed by atoms with E-state index in [-0.39, 0.29) is 5.82 Å². The third-order valence-electron chi connectivity index (χ3n) is 5.40. The lowest BCUT2D eigenvalue weighted by molar-refractivity contribution is 0.354. The zero-order valence-electron chi connectivity index (χ0n) is 16.3. The molecule has 146 valence electrons. The van der Waals surface area contributed by atoms with Crippen molar-refractivity contribution in [1.82, 2.24) is 13.7 Å². The largest absolute Gasteiger partial charge is 0.493 e. The molecule has 0 spiro atoms. The molecule has 3 aromatic rings. The van der Waals surface area contributed by atoms with Crippen LogP contribution < -0.4 is 26.5 Å². The van der Waals surface area contributed by atoms with E-state index in [0.717, 1.165) is 34.4 Å². The molecule has 0 aliphatic carbocycles. The minimum atomic E-state index is -0.447. The first-order chi connectivity index (χ1) is 13.4. The average molecular weight is 382 g/mol. The molecule has 0 fully saturated rings. The Balaban J connectivity index is 1.94. The van der Waals surface area contributed by atoms with Gasteiger partial charge in [-0.1, -0.05) is 0 Å². The molecule has 8 nitrogen and oxygen atoms in total. The Hall–Kier alpha value is -3.42. The van der Waals surface area contributed by atoms with Crippen LogP contribution in [0.3, 0.4) is 0 Å². The lowest BCUT2D eigenvalue weighted by Crippen LogP contribution is -2.39. The maximum absolute atomic E-state index is 12.7. The van der Waals surface area contributed by atoms with E-state index < -0.39 is 11.2 Å². The number of ether oxygens (including phenoxy) is 2. The fraction of sp³-hybridized carbons (Fsp3) is 0.300. The maximum Gasteiger partial charge on any atom is 0.332 e. The number of nitrogens with zero attached hydrogens (tertiary/aromatic N) is 3. The van der Waals surface area contributed by atoms with Crippen molar-refractivity contribution in [2.45, 2.75) is 13.0 Å². The number of aromatic nitrogens is 3. The quantitative estimate of drug-likeness (QED) is 0.739. The molecule has 0 saturated carbocycles. The van der Waals surface area contributed by atoms with Crippen LogP contribution in [0.15, 0.2) is 34.0 Å². The highest BCUT2D eigenvalue weighted by molar-refractivity contribution is 5.80. The van der Waals surface area contributed by atoms with Gasteiger partial charge < -0.3 is 19.8 Å². The number of methoxy groups -OCH3 is 2. The molecule has 1 aliphatic heterocycles. The predicted octanol–water partition coefficient (Wildman–Crippen LogP) is 1.37. The number of nitrogens with two attached hydrogens (primary N) is 1. The molecule has 0 radical (unpaired) electrons. The van der Waals surface area contributed by atoms with Gasteiger partial charge >= 0.3 is 5.69 Å². The van der Waals surface area contributed by atoms with Crippen molar-refractivity contribution >= 4 is 5.82 Å². The summed E-state index contributed by atoms with van der Waals surface area (Å²) in [7, 11) is 6.23. The van der Waals surface area contributed by atoms with E-state index in [4.69, 9.17) is 15.2 Å². The van der Waals surface area contributed by atoms with Gasteiger partial charge in [0.1, 0.15) is 5.82 Å². The van der Waals surface area contributed by atoms with Gasteiger partial charge in [-0.05, 0) is 30.2 Å². The molecule has 4 rings (SSSR count). The van der Waals surface area contributed by atoms with Crippen molar-refractivity contribution < 1.29 is 9.47 Å². The number of fused-ring (bicyclic) bond motifs is 3. The second-order valence-electron chi connectivity index (χ2n) is 6.89. The molecule has 1 aliphatic rings. The lowest BCUT2D eigenvalue weighted by atomic mass is 9.97. The number of rotatable bonds is 3. The highest BCUT2D eigenvalue weighted by Crippen LogP contribution is 2.40. The summed E-state index contributed by atoms with van der Waals surface area (Å²) >= 11 is 0. The zero-order valence-corrected chi connectivity index (χ0v) is 16.3. The van der Waals surface area contributed by atoms with Crippen LogP contribution in [0.4, 0.5) is 5.82 Å². The predicted molar refractivity (Wildman–Crippen MR) is 107 cm³/mol. The van der Waals surface area contributed by atoms with Gasteiger partial charge in [-0.3, -0.25) is 13.9 Å². The van der Waals surface area contributed by atoms with Crippen LogP contribution in [0.5, 0.6) is 11.5 Å². The number of benzene rings is 1. The van der Waals surface area contributed by atoms with E-state index in [1.54, 1.807) is 21.3 Å². The Morgan fingerprint density at radius 2 is 1.68 bits per heavy atom. The van der Waals surface area contributed by atoms with Crippen molar-refractivity contribution in [3.63, 3.8) is 0 Å². The molecule has 0 amide bonds. The van der Waals surface area contributed by atoms with E-state index in [9.17, 15) is 9.59 Å². The average Bonchev–Trinajstić information content (AvgIpc) is 3.13. The monoisotopic (exact) mass is 382 g/mol. The third kappa shape index (κ3) is 2.45. The van der Waals surface area contributed by atoms with E-state index >= 15 is 0 Å². The van der Waals surface area contributed by atoms with E-state index in [1.807, 2.05) is 24.4 Å². The Labute approximate surface area is 161 Å². The summed E-state index contributed by atoms with van der Waals surface area (Å²) in [5.74, 6) is 1.50. The van der Waals surface area contributed by atoms with Gasteiger partial charge in [0.15, 0.2) is 11.5 Å². The molecule has 0 unspecified atom stereocenters. The van der Waals surface area contributed by atoms with Crippen molar-refractivity contribution in [2.24, 2.45) is 14.1 Å². The molecule has 2 aromatic heterocycles. The first kappa shape index (κ1) is 18.0. The topological polar surface area (TPSA) is 93.4 Å². The summed E-state index contributed by atoms with van der Waals surface area (Å²) < 4.78 is 15.3.